The van der Waals surface area contributed by atoms with Crippen molar-refractivity contribution < 1.29 is 13.2 Å². The maximum atomic E-state index is 12.0. The molecule has 130 valence electrons. The van der Waals surface area contributed by atoms with E-state index in [1.165, 1.54) is 0 Å². The van der Waals surface area contributed by atoms with Crippen molar-refractivity contribution >= 4 is 15.9 Å². The van der Waals surface area contributed by atoms with Gasteiger partial charge in [-0.3, -0.25) is 0 Å². The summed E-state index contributed by atoms with van der Waals surface area (Å²) in [4.78, 5) is 6.63. The number of aliphatic imine (C=N–C) groups is 1. The van der Waals surface area contributed by atoms with Crippen molar-refractivity contribution in [3.63, 3.8) is 0 Å². The third kappa shape index (κ3) is 3.54. The van der Waals surface area contributed by atoms with E-state index in [0.717, 1.165) is 11.1 Å². The fourth-order valence-corrected chi connectivity index (χ4v) is 5.22. The molecule has 0 aromatic heterocycles. The monoisotopic (exact) mass is 356 g/mol. The maximum Gasteiger partial charge on any atom is 0.288 e. The molecule has 2 fully saturated rings. The second-order valence-corrected chi connectivity index (χ2v) is 8.65. The Labute approximate surface area is 147 Å². The number of sulfone groups is 1. The molecule has 0 amide bonds. The molecule has 0 unspecified atom stereocenters. The van der Waals surface area contributed by atoms with Crippen LogP contribution in [-0.4, -0.2) is 43.0 Å². The van der Waals surface area contributed by atoms with Crippen LogP contribution in [0.4, 0.5) is 0 Å². The lowest BCUT2D eigenvalue weighted by molar-refractivity contribution is 0.229. The van der Waals surface area contributed by atoms with E-state index in [1.54, 1.807) is 0 Å². The fraction of sp³-hybridized carbons (Fsp3) is 0.316. The van der Waals surface area contributed by atoms with E-state index in [4.69, 9.17) is 4.74 Å². The molecule has 4 rings (SSSR count). The van der Waals surface area contributed by atoms with Gasteiger partial charge in [0.25, 0.3) is 6.02 Å². The van der Waals surface area contributed by atoms with E-state index in [9.17, 15) is 8.42 Å². The van der Waals surface area contributed by atoms with Crippen LogP contribution in [0.2, 0.25) is 0 Å². The van der Waals surface area contributed by atoms with E-state index in [0.29, 0.717) is 19.1 Å². The van der Waals surface area contributed by atoms with Gasteiger partial charge in [-0.05, 0) is 11.1 Å². The number of nitrogens with zero attached hydrogens (tertiary/aromatic N) is 2. The molecular weight excluding hydrogens is 336 g/mol. The number of hydrogen-bond donors (Lipinski definition) is 0. The molecule has 2 atom stereocenters. The average molecular weight is 356 g/mol. The van der Waals surface area contributed by atoms with E-state index < -0.39 is 9.84 Å². The lowest BCUT2D eigenvalue weighted by Gasteiger charge is -2.22. The predicted octanol–water partition coefficient (Wildman–Crippen LogP) is 2.24. The minimum absolute atomic E-state index is 0.0767. The Hall–Kier alpha value is -2.34. The number of hydrogen-bond acceptors (Lipinski definition) is 4. The Balaban J connectivity index is 1.59. The summed E-state index contributed by atoms with van der Waals surface area (Å²) in [5, 5.41) is 0. The summed E-state index contributed by atoms with van der Waals surface area (Å²) < 4.78 is 29.9. The van der Waals surface area contributed by atoms with Crippen LogP contribution >= 0.6 is 0 Å². The fourth-order valence-electron chi connectivity index (χ4n) is 3.38. The molecule has 5 nitrogen and oxygen atoms in total. The highest BCUT2D eigenvalue weighted by molar-refractivity contribution is 7.91. The molecule has 0 bridgehead atoms. The average Bonchev–Trinajstić information content (AvgIpc) is 3.07. The van der Waals surface area contributed by atoms with Crippen LogP contribution in [0.15, 0.2) is 65.7 Å². The van der Waals surface area contributed by atoms with Crippen molar-refractivity contribution in [2.75, 3.05) is 11.5 Å². The van der Waals surface area contributed by atoms with E-state index in [2.05, 4.69) is 4.99 Å². The summed E-state index contributed by atoms with van der Waals surface area (Å²) in [5.41, 5.74) is 2.21. The zero-order chi connectivity index (χ0) is 17.3. The Bertz CT molecular complexity index is 866. The van der Waals surface area contributed by atoms with Crippen molar-refractivity contribution in [2.45, 2.75) is 25.2 Å². The van der Waals surface area contributed by atoms with Gasteiger partial charge in [-0.25, -0.2) is 13.4 Å². The molecule has 2 aliphatic rings. The first kappa shape index (κ1) is 16.1. The molecular formula is C19H20N2O3S. The maximum absolute atomic E-state index is 12.0. The topological polar surface area (TPSA) is 59.0 Å². The van der Waals surface area contributed by atoms with E-state index in [-0.39, 0.29) is 23.7 Å². The van der Waals surface area contributed by atoms with Gasteiger partial charge >= 0.3 is 0 Å². The SMILES string of the molecule is O=S1(=O)C[C@@H]2[C@@H](C1)OC(=NCc1ccccc1)N2Cc1ccccc1. The lowest BCUT2D eigenvalue weighted by atomic mass is 10.1. The lowest BCUT2D eigenvalue weighted by Crippen LogP contribution is -2.36. The minimum Gasteiger partial charge on any atom is -0.459 e. The Morgan fingerprint density at radius 1 is 0.960 bits per heavy atom. The molecule has 2 aromatic carbocycles. The van der Waals surface area contributed by atoms with Gasteiger partial charge < -0.3 is 9.64 Å². The van der Waals surface area contributed by atoms with Crippen LogP contribution in [0.3, 0.4) is 0 Å². The largest absolute Gasteiger partial charge is 0.459 e. The van der Waals surface area contributed by atoms with Crippen molar-refractivity contribution in [3.8, 4) is 0 Å². The van der Waals surface area contributed by atoms with Crippen LogP contribution in [0.25, 0.3) is 0 Å². The third-order valence-electron chi connectivity index (χ3n) is 4.61. The van der Waals surface area contributed by atoms with Gasteiger partial charge in [0.15, 0.2) is 9.84 Å². The smallest absolute Gasteiger partial charge is 0.288 e. The number of ether oxygens (including phenoxy) is 1. The van der Waals surface area contributed by atoms with Gasteiger partial charge in [0.2, 0.25) is 0 Å². The molecule has 2 aromatic rings. The zero-order valence-corrected chi connectivity index (χ0v) is 14.6. The molecule has 2 saturated heterocycles. The highest BCUT2D eigenvalue weighted by atomic mass is 32.2. The van der Waals surface area contributed by atoms with Crippen LogP contribution in [0, 0.1) is 0 Å². The molecule has 0 aliphatic carbocycles. The highest BCUT2D eigenvalue weighted by Gasteiger charge is 2.49. The summed E-state index contributed by atoms with van der Waals surface area (Å²) in [6, 6.07) is 20.4. The molecule has 25 heavy (non-hydrogen) atoms. The van der Waals surface area contributed by atoms with Gasteiger partial charge in [0, 0.05) is 6.54 Å². The predicted molar refractivity (Wildman–Crippen MR) is 96.9 cm³/mol. The van der Waals surface area contributed by atoms with Gasteiger partial charge in [0.1, 0.15) is 6.10 Å². The molecule has 0 N–H and O–H groups in total. The molecule has 0 radical (unpaired) electrons. The zero-order valence-electron chi connectivity index (χ0n) is 13.8. The second kappa shape index (κ2) is 6.52. The first-order valence-corrected chi connectivity index (χ1v) is 10.2. The first-order valence-electron chi connectivity index (χ1n) is 8.37. The molecule has 0 saturated carbocycles. The van der Waals surface area contributed by atoms with Crippen molar-refractivity contribution in [1.29, 1.82) is 0 Å². The molecule has 0 spiro atoms. The minimum atomic E-state index is -3.04. The van der Waals surface area contributed by atoms with Gasteiger partial charge in [-0.15, -0.1) is 0 Å². The normalized spacial score (nSPS) is 25.8. The molecule has 6 heteroatoms. The quantitative estimate of drug-likeness (QED) is 0.843. The summed E-state index contributed by atoms with van der Waals surface area (Å²) in [6.07, 6.45) is -0.316. The van der Waals surface area contributed by atoms with Gasteiger partial charge in [0.05, 0.1) is 24.1 Å². The first-order chi connectivity index (χ1) is 12.1. The molecule has 2 heterocycles. The summed E-state index contributed by atoms with van der Waals surface area (Å²) in [5.74, 6) is 0.210. The second-order valence-electron chi connectivity index (χ2n) is 6.50. The number of benzene rings is 2. The highest BCUT2D eigenvalue weighted by Crippen LogP contribution is 2.30. The summed E-state index contributed by atoms with van der Waals surface area (Å²) >= 11 is 0. The standard InChI is InChI=1S/C19H20N2O3S/c22-25(23)13-17-18(14-25)24-19(20-11-15-7-3-1-4-8-15)21(17)12-16-9-5-2-6-10-16/h1-10,17-18H,11-14H2/t17-,18-/m1/s1. The number of amidine groups is 1. The Morgan fingerprint density at radius 3 is 2.28 bits per heavy atom. The van der Waals surface area contributed by atoms with E-state index in [1.807, 2.05) is 65.6 Å². The number of rotatable bonds is 4. The van der Waals surface area contributed by atoms with Crippen molar-refractivity contribution in [3.05, 3.63) is 71.8 Å². The molecule has 2 aliphatic heterocycles. The van der Waals surface area contributed by atoms with Crippen LogP contribution < -0.4 is 0 Å². The van der Waals surface area contributed by atoms with Crippen LogP contribution in [0.1, 0.15) is 11.1 Å². The Morgan fingerprint density at radius 2 is 1.60 bits per heavy atom. The Kier molecular flexibility index (Phi) is 4.21. The van der Waals surface area contributed by atoms with Crippen LogP contribution in [-0.2, 0) is 27.7 Å². The van der Waals surface area contributed by atoms with Gasteiger partial charge in [-0.2, -0.15) is 0 Å². The summed E-state index contributed by atoms with van der Waals surface area (Å²) in [7, 11) is -3.04. The number of fused-ring (bicyclic) bond motifs is 1. The summed E-state index contributed by atoms with van der Waals surface area (Å²) in [6.45, 7) is 1.12. The van der Waals surface area contributed by atoms with E-state index >= 15 is 0 Å². The van der Waals surface area contributed by atoms with Crippen molar-refractivity contribution in [1.82, 2.24) is 4.90 Å². The van der Waals surface area contributed by atoms with Crippen LogP contribution in [0.5, 0.6) is 0 Å². The third-order valence-corrected chi connectivity index (χ3v) is 6.30. The van der Waals surface area contributed by atoms with Gasteiger partial charge in [-0.1, -0.05) is 60.7 Å². The van der Waals surface area contributed by atoms with Crippen molar-refractivity contribution in [2.24, 2.45) is 4.99 Å².